The quantitative estimate of drug-likeness (QED) is 0.107. The molecule has 0 amide bonds. The molecular formula is C48H48Cl2HfSi-2. The molecule has 0 aliphatic carbocycles. The Balaban J connectivity index is 0.000000204. The molecule has 0 atom stereocenters. The molecular weight excluding hydrogens is 854 g/mol. The molecule has 0 fully saturated rings. The molecule has 4 heteroatoms. The van der Waals surface area contributed by atoms with Crippen LogP contribution in [-0.2, 0) is 35.8 Å². The number of benzene rings is 6. The number of aryl methyl sites for hydroxylation is 2. The van der Waals surface area contributed by atoms with Gasteiger partial charge in [0.2, 0.25) is 0 Å². The monoisotopic (exact) mass is 902 g/mol. The first-order valence-corrected chi connectivity index (χ1v) is 26.2. The van der Waals surface area contributed by atoms with E-state index in [0.29, 0.717) is 0 Å². The van der Waals surface area contributed by atoms with Gasteiger partial charge < -0.3 is 24.8 Å². The Labute approximate surface area is 338 Å². The molecule has 52 heavy (non-hydrogen) atoms. The predicted octanol–water partition coefficient (Wildman–Crippen LogP) is 8.24. The molecule has 0 aromatic heterocycles. The molecule has 0 radical (unpaired) electrons. The minimum Gasteiger partial charge on any atom is -1.00 e. The number of fused-ring (bicyclic) bond motifs is 4. The van der Waals surface area contributed by atoms with E-state index in [1.165, 1.54) is 138 Å². The Morgan fingerprint density at radius 2 is 0.788 bits per heavy atom. The first kappa shape index (κ1) is 41.5. The molecule has 0 spiro atoms. The first-order valence-electron chi connectivity index (χ1n) is 18.3. The Bertz CT molecular complexity index is 2190. The SMILES string of the molecule is CCCCc1cc2c(-c3cccc4ccccc34)cccc2[cH-]1.CCCCc1cc2c(-c3cccc4ccccc34)cccc2[cH-]1.C[Si](C)=[Hf+2].[Cl-].[Cl-]. The van der Waals surface area contributed by atoms with Crippen molar-refractivity contribution in [3.8, 4) is 22.3 Å². The molecule has 0 aliphatic rings. The van der Waals surface area contributed by atoms with Crippen LogP contribution in [-0.4, -0.2) is 5.49 Å². The fourth-order valence-electron chi connectivity index (χ4n) is 7.03. The van der Waals surface area contributed by atoms with E-state index in [1.54, 1.807) is 0 Å². The van der Waals surface area contributed by atoms with Crippen LogP contribution >= 0.6 is 0 Å². The van der Waals surface area contributed by atoms with Crippen LogP contribution < -0.4 is 24.8 Å². The second kappa shape index (κ2) is 20.3. The largest absolute Gasteiger partial charge is 1.00 e. The fraction of sp³-hybridized carbons (Fsp3) is 0.208. The van der Waals surface area contributed by atoms with Crippen molar-refractivity contribution in [3.63, 3.8) is 0 Å². The van der Waals surface area contributed by atoms with E-state index in [2.05, 4.69) is 173 Å². The van der Waals surface area contributed by atoms with Crippen molar-refractivity contribution >= 4 is 48.6 Å². The van der Waals surface area contributed by atoms with Crippen LogP contribution in [0.4, 0.5) is 0 Å². The van der Waals surface area contributed by atoms with Crippen LogP contribution in [0.3, 0.4) is 0 Å². The number of hydrogen-bond acceptors (Lipinski definition) is 0. The summed E-state index contributed by atoms with van der Waals surface area (Å²) in [5.41, 5.74) is 8.56. The van der Waals surface area contributed by atoms with Crippen LogP contribution in [0, 0.1) is 0 Å². The summed E-state index contributed by atoms with van der Waals surface area (Å²) in [7, 11) is 0. The minimum atomic E-state index is 0. The van der Waals surface area contributed by atoms with Gasteiger partial charge in [0.25, 0.3) is 0 Å². The first-order chi connectivity index (χ1) is 24.5. The van der Waals surface area contributed by atoms with E-state index in [1.807, 2.05) is 0 Å². The van der Waals surface area contributed by atoms with Gasteiger partial charge in [0.1, 0.15) is 0 Å². The van der Waals surface area contributed by atoms with Crippen LogP contribution in [0.15, 0.2) is 146 Å². The summed E-state index contributed by atoms with van der Waals surface area (Å²) in [6.45, 7) is 9.17. The van der Waals surface area contributed by atoms with Gasteiger partial charge in [-0.3, -0.25) is 0 Å². The third kappa shape index (κ3) is 10.0. The van der Waals surface area contributed by atoms with Crippen molar-refractivity contribution in [2.45, 2.75) is 65.5 Å². The van der Waals surface area contributed by atoms with Crippen molar-refractivity contribution in [1.29, 1.82) is 0 Å². The molecule has 0 heterocycles. The third-order valence-corrected chi connectivity index (χ3v) is 9.42. The Hall–Kier alpha value is -3.27. The Morgan fingerprint density at radius 3 is 1.17 bits per heavy atom. The summed E-state index contributed by atoms with van der Waals surface area (Å²) < 4.78 is 0. The van der Waals surface area contributed by atoms with Crippen LogP contribution in [0.5, 0.6) is 0 Å². The van der Waals surface area contributed by atoms with Gasteiger partial charge in [-0.2, -0.15) is 12.1 Å². The van der Waals surface area contributed by atoms with Crippen LogP contribution in [0.25, 0.3) is 65.3 Å². The van der Waals surface area contributed by atoms with Crippen molar-refractivity contribution in [3.05, 3.63) is 157 Å². The number of halogens is 2. The maximum atomic E-state index is 2.39. The van der Waals surface area contributed by atoms with Gasteiger partial charge in [0, 0.05) is 0 Å². The molecule has 0 saturated heterocycles. The predicted molar refractivity (Wildman–Crippen MR) is 220 cm³/mol. The molecule has 0 unspecified atom stereocenters. The molecule has 264 valence electrons. The number of hydrogen-bond donors (Lipinski definition) is 0. The summed E-state index contributed by atoms with van der Waals surface area (Å²) in [5, 5.41) is 10.8. The second-order valence-electron chi connectivity index (χ2n) is 13.6. The Kier molecular flexibility index (Phi) is 16.2. The minimum absolute atomic E-state index is 0. The molecule has 0 aliphatic heterocycles. The van der Waals surface area contributed by atoms with Crippen molar-refractivity contribution in [2.75, 3.05) is 0 Å². The Morgan fingerprint density at radius 1 is 0.462 bits per heavy atom. The van der Waals surface area contributed by atoms with Gasteiger partial charge >= 0.3 is 41.6 Å². The van der Waals surface area contributed by atoms with Gasteiger partial charge in [-0.15, -0.1) is 69.1 Å². The van der Waals surface area contributed by atoms with Gasteiger partial charge in [-0.05, 0) is 45.5 Å². The fourth-order valence-corrected chi connectivity index (χ4v) is 7.03. The van der Waals surface area contributed by atoms with E-state index in [4.69, 9.17) is 0 Å². The zero-order chi connectivity index (χ0) is 34.9. The third-order valence-electron chi connectivity index (χ3n) is 9.42. The molecule has 0 N–H and O–H groups in total. The van der Waals surface area contributed by atoms with Crippen molar-refractivity contribution < 1.29 is 47.8 Å². The second-order valence-corrected chi connectivity index (χ2v) is 26.4. The molecule has 0 nitrogen and oxygen atoms in total. The van der Waals surface area contributed by atoms with E-state index in [-0.39, 0.29) is 30.3 Å². The average Bonchev–Trinajstić information content (AvgIpc) is 3.77. The van der Waals surface area contributed by atoms with Gasteiger partial charge in [0.05, 0.1) is 0 Å². The van der Waals surface area contributed by atoms with Gasteiger partial charge in [-0.1, -0.05) is 148 Å². The zero-order valence-electron chi connectivity index (χ0n) is 30.9. The standard InChI is InChI=1S/2C23H21.C2H6Si.2ClH.Hf/c2*1-2-3-8-17-15-19-11-7-14-22(23(19)16-17)21-13-6-10-18-9-4-5-12-20(18)21;1-3-2;;;/h2*4-7,9-16H,2-3,8H2,1H3;1-2H3;2*1H;/q2*-1;;;;+2/p-2. The smallest absolute Gasteiger partial charge is 1.00 e. The molecule has 0 saturated carbocycles. The number of unbranched alkanes of at least 4 members (excludes halogenated alkanes) is 2. The van der Waals surface area contributed by atoms with E-state index < -0.39 is 0 Å². The van der Waals surface area contributed by atoms with E-state index >= 15 is 0 Å². The van der Waals surface area contributed by atoms with E-state index in [9.17, 15) is 0 Å². The summed E-state index contributed by atoms with van der Waals surface area (Å²) in [6.07, 6.45) is 7.38. The van der Waals surface area contributed by atoms with Crippen LogP contribution in [0.1, 0.15) is 50.7 Å². The zero-order valence-corrected chi connectivity index (χ0v) is 37.0. The van der Waals surface area contributed by atoms with Crippen molar-refractivity contribution in [2.24, 2.45) is 0 Å². The normalized spacial score (nSPS) is 10.6. The average molecular weight is 902 g/mol. The molecule has 8 aromatic carbocycles. The molecule has 8 rings (SSSR count). The maximum Gasteiger partial charge on any atom is -1.00 e. The summed E-state index contributed by atoms with van der Waals surface area (Å²) in [6, 6.07) is 53.4. The summed E-state index contributed by atoms with van der Waals surface area (Å²) in [4.78, 5) is 0. The summed E-state index contributed by atoms with van der Waals surface area (Å²) >= 11 is 1.45. The maximum absolute atomic E-state index is 2.39. The van der Waals surface area contributed by atoms with E-state index in [0.717, 1.165) is 0 Å². The summed E-state index contributed by atoms with van der Waals surface area (Å²) in [5.74, 6) is 0. The molecule has 0 bridgehead atoms. The van der Waals surface area contributed by atoms with Gasteiger partial charge in [-0.25, -0.2) is 0 Å². The van der Waals surface area contributed by atoms with Crippen molar-refractivity contribution in [1.82, 2.24) is 0 Å². The van der Waals surface area contributed by atoms with Gasteiger partial charge in [0.15, 0.2) is 0 Å². The van der Waals surface area contributed by atoms with Crippen LogP contribution in [0.2, 0.25) is 13.1 Å². The number of rotatable bonds is 8. The topological polar surface area (TPSA) is 0 Å². The molecule has 8 aromatic rings.